The lowest BCUT2D eigenvalue weighted by molar-refractivity contribution is -0.167. The van der Waals surface area contributed by atoms with Crippen LogP contribution < -0.4 is 0 Å². The van der Waals surface area contributed by atoms with Crippen LogP contribution in [0.2, 0.25) is 0 Å². The number of hydrogen-bond acceptors (Lipinski definition) is 6. The molecule has 0 aliphatic carbocycles. The number of carbonyl (C=O) groups excluding carboxylic acids is 3. The molecule has 0 saturated heterocycles. The van der Waals surface area contributed by atoms with E-state index in [0.29, 0.717) is 19.3 Å². The molecule has 0 rings (SSSR count). The molecule has 0 saturated carbocycles. The molecule has 0 amide bonds. The molecule has 0 bridgehead atoms. The van der Waals surface area contributed by atoms with E-state index in [1.165, 1.54) is 283 Å². The fraction of sp³-hybridized carbons (Fsp3) is 0.926. The van der Waals surface area contributed by atoms with Crippen LogP contribution in [0.15, 0.2) is 12.2 Å². The number of rotatable bonds is 63. The van der Waals surface area contributed by atoms with Crippen LogP contribution in [0.25, 0.3) is 0 Å². The van der Waals surface area contributed by atoms with E-state index in [9.17, 15) is 14.4 Å². The van der Waals surface area contributed by atoms with Crippen LogP contribution in [0.5, 0.6) is 0 Å². The van der Waals surface area contributed by atoms with Crippen molar-refractivity contribution in [2.45, 2.75) is 393 Å². The van der Waals surface area contributed by atoms with E-state index in [-0.39, 0.29) is 31.1 Å². The van der Waals surface area contributed by atoms with Crippen molar-refractivity contribution in [2.24, 2.45) is 0 Å². The average molecular weight is 1040 g/mol. The Balaban J connectivity index is 3.86. The van der Waals surface area contributed by atoms with Gasteiger partial charge >= 0.3 is 17.9 Å². The molecule has 0 aromatic carbocycles. The highest BCUT2D eigenvalue weighted by atomic mass is 16.6. The van der Waals surface area contributed by atoms with Gasteiger partial charge < -0.3 is 14.2 Å². The minimum Gasteiger partial charge on any atom is -0.462 e. The van der Waals surface area contributed by atoms with E-state index < -0.39 is 6.10 Å². The molecule has 6 heteroatoms. The van der Waals surface area contributed by atoms with Gasteiger partial charge in [-0.3, -0.25) is 14.4 Å². The number of carbonyl (C=O) groups is 3. The summed E-state index contributed by atoms with van der Waals surface area (Å²) in [5.41, 5.74) is 0. The molecule has 0 aromatic rings. The van der Waals surface area contributed by atoms with Crippen molar-refractivity contribution in [1.29, 1.82) is 0 Å². The van der Waals surface area contributed by atoms with E-state index in [1.807, 2.05) is 0 Å². The second kappa shape index (κ2) is 63.7. The summed E-state index contributed by atoms with van der Waals surface area (Å²) in [6, 6.07) is 0. The Morgan fingerprint density at radius 1 is 0.257 bits per heavy atom. The van der Waals surface area contributed by atoms with Crippen LogP contribution in [0.3, 0.4) is 0 Å². The fourth-order valence-electron chi connectivity index (χ4n) is 10.4. The van der Waals surface area contributed by atoms with Gasteiger partial charge in [0, 0.05) is 19.3 Å². The fourth-order valence-corrected chi connectivity index (χ4v) is 10.4. The second-order valence-corrected chi connectivity index (χ2v) is 23.1. The van der Waals surface area contributed by atoms with E-state index in [0.717, 1.165) is 64.2 Å². The van der Waals surface area contributed by atoms with Crippen molar-refractivity contribution in [3.05, 3.63) is 12.2 Å². The normalized spacial score (nSPS) is 12.0. The summed E-state index contributed by atoms with van der Waals surface area (Å²) in [5.74, 6) is -0.861. The van der Waals surface area contributed by atoms with Crippen LogP contribution in [0.1, 0.15) is 387 Å². The quantitative estimate of drug-likeness (QED) is 0.0261. The molecule has 0 aliphatic rings. The van der Waals surface area contributed by atoms with Gasteiger partial charge in [-0.05, 0) is 44.9 Å². The average Bonchev–Trinajstić information content (AvgIpc) is 3.40. The van der Waals surface area contributed by atoms with Crippen molar-refractivity contribution in [3.63, 3.8) is 0 Å². The zero-order valence-electron chi connectivity index (χ0n) is 50.4. The molecule has 74 heavy (non-hydrogen) atoms. The van der Waals surface area contributed by atoms with Crippen molar-refractivity contribution in [2.75, 3.05) is 13.2 Å². The van der Waals surface area contributed by atoms with E-state index in [1.54, 1.807) is 0 Å². The van der Waals surface area contributed by atoms with Gasteiger partial charge in [-0.1, -0.05) is 335 Å². The van der Waals surface area contributed by atoms with Gasteiger partial charge in [0.25, 0.3) is 0 Å². The summed E-state index contributed by atoms with van der Waals surface area (Å²) in [6.45, 7) is 6.62. The third-order valence-corrected chi connectivity index (χ3v) is 15.5. The van der Waals surface area contributed by atoms with Crippen LogP contribution in [0.4, 0.5) is 0 Å². The van der Waals surface area contributed by atoms with E-state index >= 15 is 0 Å². The Morgan fingerprint density at radius 2 is 0.446 bits per heavy atom. The highest BCUT2D eigenvalue weighted by Gasteiger charge is 2.19. The lowest BCUT2D eigenvalue weighted by atomic mass is 10.0. The molecule has 6 nitrogen and oxygen atoms in total. The highest BCUT2D eigenvalue weighted by molar-refractivity contribution is 5.71. The molecule has 0 aliphatic heterocycles. The van der Waals surface area contributed by atoms with Gasteiger partial charge in [0.2, 0.25) is 0 Å². The maximum absolute atomic E-state index is 12.8. The summed E-state index contributed by atoms with van der Waals surface area (Å²) in [7, 11) is 0. The summed E-state index contributed by atoms with van der Waals surface area (Å²) < 4.78 is 16.8. The van der Waals surface area contributed by atoms with E-state index in [4.69, 9.17) is 14.2 Å². The van der Waals surface area contributed by atoms with Crippen molar-refractivity contribution in [3.8, 4) is 0 Å². The maximum atomic E-state index is 12.8. The Kier molecular flexibility index (Phi) is 62.1. The van der Waals surface area contributed by atoms with Crippen molar-refractivity contribution >= 4 is 17.9 Å². The SMILES string of the molecule is CCCCCCCCC/C=C\CCCCCCCCCC(=O)OC(COC(=O)CCCCCCC)COC(=O)CCCCCCCCCCCCCCCCCCCCCCCCCCCCCCCCCCC. The molecule has 1 atom stereocenters. The summed E-state index contributed by atoms with van der Waals surface area (Å²) in [6.07, 6.45) is 75.9. The predicted octanol–water partition coefficient (Wildman–Crippen LogP) is 22.8. The summed E-state index contributed by atoms with van der Waals surface area (Å²) in [4.78, 5) is 37.9. The Morgan fingerprint density at radius 3 is 0.676 bits per heavy atom. The first-order valence-electron chi connectivity index (χ1n) is 33.7. The van der Waals surface area contributed by atoms with Crippen LogP contribution >= 0.6 is 0 Å². The molecular weight excluding hydrogens is 913 g/mol. The minimum absolute atomic E-state index is 0.0671. The zero-order valence-corrected chi connectivity index (χ0v) is 50.4. The number of hydrogen-bond donors (Lipinski definition) is 0. The topological polar surface area (TPSA) is 78.9 Å². The van der Waals surface area contributed by atoms with Crippen LogP contribution in [0, 0.1) is 0 Å². The molecule has 1 unspecified atom stereocenters. The Bertz CT molecular complexity index is 1150. The molecule has 0 N–H and O–H groups in total. The second-order valence-electron chi connectivity index (χ2n) is 23.1. The Labute approximate surface area is 462 Å². The van der Waals surface area contributed by atoms with Crippen LogP contribution in [-0.2, 0) is 28.6 Å². The van der Waals surface area contributed by atoms with Gasteiger partial charge in [0.15, 0.2) is 6.10 Å². The number of unbranched alkanes of at least 4 members (excludes halogenated alkanes) is 50. The molecule has 0 aromatic heterocycles. The Hall–Kier alpha value is -1.85. The molecule has 438 valence electrons. The number of esters is 3. The minimum atomic E-state index is -0.766. The first kappa shape index (κ1) is 72.2. The van der Waals surface area contributed by atoms with Gasteiger partial charge in [-0.25, -0.2) is 0 Å². The summed E-state index contributed by atoms with van der Waals surface area (Å²) >= 11 is 0. The molecular formula is C68H130O6. The number of ether oxygens (including phenoxy) is 3. The standard InChI is InChI=1S/C68H130O6/c1-4-7-10-13-15-17-19-21-23-25-27-28-29-30-31-32-33-34-35-36-37-38-39-40-41-43-44-46-48-50-52-55-58-61-67(70)73-64-65(63-72-66(69)60-57-54-12-9-6-3)74-68(71)62-59-56-53-51-49-47-45-42-26-24-22-20-18-16-14-11-8-5-2/h24,26,65H,4-23,25,27-64H2,1-3H3/b26-24-. The van der Waals surface area contributed by atoms with Gasteiger partial charge in [-0.2, -0.15) is 0 Å². The molecule has 0 spiro atoms. The molecule has 0 fully saturated rings. The molecule has 0 radical (unpaired) electrons. The van der Waals surface area contributed by atoms with Crippen LogP contribution in [-0.4, -0.2) is 37.2 Å². The predicted molar refractivity (Wildman–Crippen MR) is 321 cm³/mol. The third kappa shape index (κ3) is 61.0. The largest absolute Gasteiger partial charge is 0.462 e. The van der Waals surface area contributed by atoms with Gasteiger partial charge in [0.05, 0.1) is 0 Å². The highest BCUT2D eigenvalue weighted by Crippen LogP contribution is 2.19. The monoisotopic (exact) mass is 1040 g/mol. The van der Waals surface area contributed by atoms with Gasteiger partial charge in [-0.15, -0.1) is 0 Å². The lowest BCUT2D eigenvalue weighted by Gasteiger charge is -2.18. The van der Waals surface area contributed by atoms with Gasteiger partial charge in [0.1, 0.15) is 13.2 Å². The lowest BCUT2D eigenvalue weighted by Crippen LogP contribution is -2.30. The van der Waals surface area contributed by atoms with E-state index in [2.05, 4.69) is 32.9 Å². The maximum Gasteiger partial charge on any atom is 0.306 e. The van der Waals surface area contributed by atoms with Crippen molar-refractivity contribution in [1.82, 2.24) is 0 Å². The zero-order chi connectivity index (χ0) is 53.6. The first-order chi connectivity index (χ1) is 36.5. The smallest absolute Gasteiger partial charge is 0.306 e. The molecule has 0 heterocycles. The first-order valence-corrected chi connectivity index (χ1v) is 33.7. The van der Waals surface area contributed by atoms with Crippen molar-refractivity contribution < 1.29 is 28.6 Å². The number of allylic oxidation sites excluding steroid dienone is 2. The summed E-state index contributed by atoms with van der Waals surface area (Å²) in [5, 5.41) is 0. The third-order valence-electron chi connectivity index (χ3n) is 15.5.